The summed E-state index contributed by atoms with van der Waals surface area (Å²) < 4.78 is 2.85. The summed E-state index contributed by atoms with van der Waals surface area (Å²) in [7, 11) is 4.00. The molecular weight excluding hydrogens is 389 g/mol. The van der Waals surface area contributed by atoms with E-state index in [4.69, 9.17) is 11.6 Å². The summed E-state index contributed by atoms with van der Waals surface area (Å²) in [5.41, 5.74) is 1.47. The molecule has 1 heterocycles. The van der Waals surface area contributed by atoms with Gasteiger partial charge in [0.15, 0.2) is 0 Å². The minimum Gasteiger partial charge on any atom is -0.382 e. The third kappa shape index (κ3) is 3.72. The molecule has 0 saturated heterocycles. The fourth-order valence-electron chi connectivity index (χ4n) is 1.95. The van der Waals surface area contributed by atoms with Crippen molar-refractivity contribution in [2.24, 2.45) is 0 Å². The number of aromatic nitrogens is 2. The van der Waals surface area contributed by atoms with Crippen molar-refractivity contribution in [2.75, 3.05) is 20.6 Å². The highest BCUT2D eigenvalue weighted by molar-refractivity contribution is 14.1. The number of benzene rings is 1. The standard InChI is InChI=1S/C14H17ClIN3O/c1-18(2)6-7-19-13(12(15)9-17-19)14(20)10-4-3-5-11(16)8-10/h3-5,8-9,14,20H,6-7H2,1-2H3. The van der Waals surface area contributed by atoms with Gasteiger partial charge in [-0.2, -0.15) is 5.10 Å². The smallest absolute Gasteiger partial charge is 0.122 e. The third-order valence-corrected chi connectivity index (χ3v) is 3.98. The lowest BCUT2D eigenvalue weighted by Gasteiger charge is -2.16. The fraction of sp³-hybridized carbons (Fsp3) is 0.357. The molecular formula is C14H17ClIN3O. The molecule has 0 amide bonds. The summed E-state index contributed by atoms with van der Waals surface area (Å²) in [4.78, 5) is 2.07. The van der Waals surface area contributed by atoms with Crippen LogP contribution in [-0.4, -0.2) is 40.4 Å². The van der Waals surface area contributed by atoms with Crippen LogP contribution in [0.25, 0.3) is 0 Å². The summed E-state index contributed by atoms with van der Waals surface area (Å²) in [6, 6.07) is 7.76. The van der Waals surface area contributed by atoms with E-state index in [-0.39, 0.29) is 0 Å². The van der Waals surface area contributed by atoms with Crippen molar-refractivity contribution in [3.8, 4) is 0 Å². The van der Waals surface area contributed by atoms with Crippen LogP contribution in [0.15, 0.2) is 30.5 Å². The fourth-order valence-corrected chi connectivity index (χ4v) is 2.76. The molecule has 0 aliphatic carbocycles. The van der Waals surface area contributed by atoms with Gasteiger partial charge in [0.2, 0.25) is 0 Å². The van der Waals surface area contributed by atoms with E-state index in [1.165, 1.54) is 0 Å². The first-order valence-corrected chi connectivity index (χ1v) is 7.74. The molecule has 108 valence electrons. The minimum atomic E-state index is -0.762. The summed E-state index contributed by atoms with van der Waals surface area (Å²) in [5, 5.41) is 15.3. The molecule has 0 saturated carbocycles. The van der Waals surface area contributed by atoms with Crippen molar-refractivity contribution >= 4 is 34.2 Å². The highest BCUT2D eigenvalue weighted by atomic mass is 127. The van der Waals surface area contributed by atoms with Crippen molar-refractivity contribution in [2.45, 2.75) is 12.6 Å². The SMILES string of the molecule is CN(C)CCn1ncc(Cl)c1C(O)c1cccc(I)c1. The molecule has 1 atom stereocenters. The van der Waals surface area contributed by atoms with Gasteiger partial charge < -0.3 is 10.0 Å². The Morgan fingerprint density at radius 3 is 2.85 bits per heavy atom. The maximum absolute atomic E-state index is 10.6. The maximum atomic E-state index is 10.6. The van der Waals surface area contributed by atoms with E-state index < -0.39 is 6.10 Å². The number of halogens is 2. The molecule has 0 aliphatic rings. The Balaban J connectivity index is 2.29. The Morgan fingerprint density at radius 2 is 2.20 bits per heavy atom. The predicted octanol–water partition coefficient (Wildman–Crippen LogP) is 2.78. The van der Waals surface area contributed by atoms with Gasteiger partial charge >= 0.3 is 0 Å². The zero-order valence-corrected chi connectivity index (χ0v) is 14.3. The average molecular weight is 406 g/mol. The number of rotatable bonds is 5. The van der Waals surface area contributed by atoms with Gasteiger partial charge in [-0.3, -0.25) is 4.68 Å². The Kier molecular flexibility index (Phi) is 5.42. The van der Waals surface area contributed by atoms with Crippen LogP contribution >= 0.6 is 34.2 Å². The lowest BCUT2D eigenvalue weighted by atomic mass is 10.1. The predicted molar refractivity (Wildman–Crippen MR) is 89.0 cm³/mol. The topological polar surface area (TPSA) is 41.3 Å². The van der Waals surface area contributed by atoms with Crippen LogP contribution < -0.4 is 0 Å². The van der Waals surface area contributed by atoms with Gasteiger partial charge in [-0.15, -0.1) is 0 Å². The van der Waals surface area contributed by atoms with Crippen LogP contribution in [-0.2, 0) is 6.54 Å². The summed E-state index contributed by atoms with van der Waals surface area (Å²) in [6.45, 7) is 1.53. The molecule has 0 aliphatic heterocycles. The van der Waals surface area contributed by atoms with Crippen LogP contribution in [0.2, 0.25) is 5.02 Å². The van der Waals surface area contributed by atoms with E-state index in [2.05, 4.69) is 32.6 Å². The molecule has 0 fully saturated rings. The first kappa shape index (κ1) is 15.8. The van der Waals surface area contributed by atoms with E-state index in [1.54, 1.807) is 10.9 Å². The molecule has 6 heteroatoms. The number of aliphatic hydroxyl groups excluding tert-OH is 1. The Bertz CT molecular complexity index is 586. The monoisotopic (exact) mass is 405 g/mol. The van der Waals surface area contributed by atoms with Gasteiger partial charge in [0.05, 0.1) is 23.5 Å². The summed E-state index contributed by atoms with van der Waals surface area (Å²) in [6.07, 6.45) is 0.825. The van der Waals surface area contributed by atoms with E-state index in [9.17, 15) is 5.11 Å². The zero-order chi connectivity index (χ0) is 14.7. The van der Waals surface area contributed by atoms with E-state index >= 15 is 0 Å². The van der Waals surface area contributed by atoms with Crippen LogP contribution in [0.4, 0.5) is 0 Å². The summed E-state index contributed by atoms with van der Waals surface area (Å²) in [5.74, 6) is 0. The number of hydrogen-bond acceptors (Lipinski definition) is 3. The molecule has 0 spiro atoms. The molecule has 20 heavy (non-hydrogen) atoms. The molecule has 4 nitrogen and oxygen atoms in total. The van der Waals surface area contributed by atoms with Gasteiger partial charge in [-0.1, -0.05) is 23.7 Å². The van der Waals surface area contributed by atoms with Crippen molar-refractivity contribution in [1.29, 1.82) is 0 Å². The maximum Gasteiger partial charge on any atom is 0.122 e. The first-order chi connectivity index (χ1) is 9.49. The number of hydrogen-bond donors (Lipinski definition) is 1. The van der Waals surface area contributed by atoms with Crippen LogP contribution in [0.1, 0.15) is 17.4 Å². The first-order valence-electron chi connectivity index (χ1n) is 6.28. The normalized spacial score (nSPS) is 12.9. The lowest BCUT2D eigenvalue weighted by molar-refractivity contribution is 0.205. The molecule has 2 rings (SSSR count). The second-order valence-corrected chi connectivity index (χ2v) is 6.51. The van der Waals surface area contributed by atoms with Gasteiger partial charge in [0.25, 0.3) is 0 Å². The van der Waals surface area contributed by atoms with Gasteiger partial charge in [-0.25, -0.2) is 0 Å². The van der Waals surface area contributed by atoms with Crippen LogP contribution in [0, 0.1) is 3.57 Å². The van der Waals surface area contributed by atoms with Crippen molar-refractivity contribution in [1.82, 2.24) is 14.7 Å². The quantitative estimate of drug-likeness (QED) is 0.778. The zero-order valence-electron chi connectivity index (χ0n) is 11.4. The van der Waals surface area contributed by atoms with Crippen molar-refractivity contribution < 1.29 is 5.11 Å². The van der Waals surface area contributed by atoms with Gasteiger partial charge in [0.1, 0.15) is 6.10 Å². The highest BCUT2D eigenvalue weighted by Crippen LogP contribution is 2.28. The molecule has 1 aromatic carbocycles. The van der Waals surface area contributed by atoms with E-state index in [0.717, 1.165) is 15.7 Å². The molecule has 1 N–H and O–H groups in total. The Morgan fingerprint density at radius 1 is 1.45 bits per heavy atom. The number of aliphatic hydroxyl groups is 1. The average Bonchev–Trinajstić information content (AvgIpc) is 2.76. The number of likely N-dealkylation sites (N-methyl/N-ethyl adjacent to an activating group) is 1. The molecule has 1 unspecified atom stereocenters. The Labute approximate surface area is 137 Å². The van der Waals surface area contributed by atoms with E-state index in [1.807, 2.05) is 38.4 Å². The molecule has 0 bridgehead atoms. The lowest BCUT2D eigenvalue weighted by Crippen LogP contribution is -2.21. The Hall–Kier alpha value is -0.630. The molecule has 2 aromatic rings. The van der Waals surface area contributed by atoms with Crippen LogP contribution in [0.3, 0.4) is 0 Å². The highest BCUT2D eigenvalue weighted by Gasteiger charge is 2.20. The summed E-state index contributed by atoms with van der Waals surface area (Å²) >= 11 is 8.41. The third-order valence-electron chi connectivity index (χ3n) is 3.02. The number of nitrogens with zero attached hydrogens (tertiary/aromatic N) is 3. The van der Waals surface area contributed by atoms with Gasteiger partial charge in [-0.05, 0) is 54.4 Å². The van der Waals surface area contributed by atoms with Crippen molar-refractivity contribution in [3.63, 3.8) is 0 Å². The van der Waals surface area contributed by atoms with Crippen LogP contribution in [0.5, 0.6) is 0 Å². The largest absolute Gasteiger partial charge is 0.382 e. The molecule has 1 aromatic heterocycles. The van der Waals surface area contributed by atoms with Gasteiger partial charge in [0, 0.05) is 10.1 Å². The van der Waals surface area contributed by atoms with Crippen molar-refractivity contribution in [3.05, 3.63) is 50.3 Å². The minimum absolute atomic E-state index is 0.495. The molecule has 0 radical (unpaired) electrons. The van der Waals surface area contributed by atoms with E-state index in [0.29, 0.717) is 17.3 Å². The second-order valence-electron chi connectivity index (χ2n) is 4.86. The second kappa shape index (κ2) is 6.89.